The Hall–Kier alpha value is -3.61. The smallest absolute Gasteiger partial charge is 0.269 e. The predicted octanol–water partition coefficient (Wildman–Crippen LogP) is 6.28. The Bertz CT molecular complexity index is 1290. The second-order valence-corrected chi connectivity index (χ2v) is 8.47. The molecule has 0 unspecified atom stereocenters. The van der Waals surface area contributed by atoms with E-state index in [4.69, 9.17) is 9.15 Å². The van der Waals surface area contributed by atoms with Gasteiger partial charge in [-0.2, -0.15) is 0 Å². The highest BCUT2D eigenvalue weighted by atomic mass is 16.6. The zero-order valence-electron chi connectivity index (χ0n) is 19.4. The van der Waals surface area contributed by atoms with E-state index < -0.39 is 4.92 Å². The van der Waals surface area contributed by atoms with Crippen molar-refractivity contribution in [3.63, 3.8) is 0 Å². The van der Waals surface area contributed by atoms with Gasteiger partial charge >= 0.3 is 0 Å². The zero-order valence-corrected chi connectivity index (χ0v) is 19.4. The molecule has 0 saturated heterocycles. The molecule has 3 aromatic rings. The summed E-state index contributed by atoms with van der Waals surface area (Å²) in [6.07, 6.45) is 5.77. The van der Waals surface area contributed by atoms with Gasteiger partial charge in [0.2, 0.25) is 5.91 Å². The van der Waals surface area contributed by atoms with Gasteiger partial charge in [0.25, 0.3) is 5.69 Å². The largest absolute Gasteiger partial charge is 0.493 e. The third-order valence-electron chi connectivity index (χ3n) is 6.17. The molecule has 0 spiro atoms. The predicted molar refractivity (Wildman–Crippen MR) is 129 cm³/mol. The summed E-state index contributed by atoms with van der Waals surface area (Å²) in [5.74, 6) is 1.48. The first-order valence-corrected chi connectivity index (χ1v) is 11.3. The van der Waals surface area contributed by atoms with Gasteiger partial charge in [-0.05, 0) is 70.2 Å². The van der Waals surface area contributed by atoms with E-state index in [1.807, 2.05) is 20.8 Å². The number of nitrogens with one attached hydrogen (secondary N) is 1. The first kappa shape index (κ1) is 22.6. The van der Waals surface area contributed by atoms with Crippen LogP contribution in [-0.2, 0) is 17.6 Å². The first-order valence-electron chi connectivity index (χ1n) is 11.3. The minimum Gasteiger partial charge on any atom is -0.493 e. The van der Waals surface area contributed by atoms with Crippen LogP contribution in [0.25, 0.3) is 16.5 Å². The Morgan fingerprint density at radius 3 is 2.70 bits per heavy atom. The van der Waals surface area contributed by atoms with Gasteiger partial charge in [-0.3, -0.25) is 14.9 Å². The summed E-state index contributed by atoms with van der Waals surface area (Å²) in [6, 6.07) is 6.45. The molecule has 1 heterocycles. The van der Waals surface area contributed by atoms with Crippen molar-refractivity contribution in [3.05, 3.63) is 68.5 Å². The lowest BCUT2D eigenvalue weighted by Gasteiger charge is -2.15. The minimum atomic E-state index is -0.453. The van der Waals surface area contributed by atoms with Crippen molar-refractivity contribution in [2.24, 2.45) is 0 Å². The molecule has 33 heavy (non-hydrogen) atoms. The van der Waals surface area contributed by atoms with Gasteiger partial charge in [-0.15, -0.1) is 0 Å². The molecule has 0 bridgehead atoms. The number of fused-ring (bicyclic) bond motifs is 3. The Morgan fingerprint density at radius 1 is 1.24 bits per heavy atom. The maximum Gasteiger partial charge on any atom is 0.269 e. The number of hydrogen-bond donors (Lipinski definition) is 1. The van der Waals surface area contributed by atoms with E-state index in [9.17, 15) is 14.9 Å². The van der Waals surface area contributed by atoms with Gasteiger partial charge < -0.3 is 14.5 Å². The minimum absolute atomic E-state index is 0.00852. The monoisotopic (exact) mass is 448 g/mol. The topological polar surface area (TPSA) is 94.6 Å². The number of rotatable bonds is 6. The average Bonchev–Trinajstić information content (AvgIpc) is 3.16. The summed E-state index contributed by atoms with van der Waals surface area (Å²) in [5.41, 5.74) is 5.87. The van der Waals surface area contributed by atoms with Gasteiger partial charge in [0.05, 0.1) is 11.5 Å². The molecule has 0 atom stereocenters. The first-order chi connectivity index (χ1) is 15.8. The highest BCUT2D eigenvalue weighted by Gasteiger charge is 2.23. The maximum atomic E-state index is 12.8. The number of nitro benzene ring substituents is 1. The number of nitro groups is 1. The summed E-state index contributed by atoms with van der Waals surface area (Å²) in [5, 5.41) is 14.9. The van der Waals surface area contributed by atoms with Gasteiger partial charge in [-0.25, -0.2) is 0 Å². The summed E-state index contributed by atoms with van der Waals surface area (Å²) >= 11 is 0. The fourth-order valence-electron chi connectivity index (χ4n) is 4.50. The molecular weight excluding hydrogens is 420 g/mol. The van der Waals surface area contributed by atoms with Crippen LogP contribution in [0.4, 0.5) is 11.4 Å². The normalized spacial score (nSPS) is 13.6. The van der Waals surface area contributed by atoms with Crippen molar-refractivity contribution in [1.29, 1.82) is 0 Å². The molecule has 4 rings (SSSR count). The summed E-state index contributed by atoms with van der Waals surface area (Å²) in [7, 11) is 0. The molecule has 0 aliphatic heterocycles. The number of ether oxygens (including phenoxy) is 1. The highest BCUT2D eigenvalue weighted by molar-refractivity contribution is 6.05. The summed E-state index contributed by atoms with van der Waals surface area (Å²) < 4.78 is 12.2. The summed E-state index contributed by atoms with van der Waals surface area (Å²) in [4.78, 5) is 23.3. The van der Waals surface area contributed by atoms with Crippen molar-refractivity contribution in [2.75, 3.05) is 11.9 Å². The van der Waals surface area contributed by atoms with E-state index in [-0.39, 0.29) is 11.6 Å². The average molecular weight is 449 g/mol. The number of allylic oxidation sites excluding steroid dienone is 1. The number of nitrogens with zero attached hydrogens (tertiary/aromatic N) is 1. The third-order valence-corrected chi connectivity index (χ3v) is 6.17. The quantitative estimate of drug-likeness (QED) is 0.272. The van der Waals surface area contributed by atoms with Crippen LogP contribution in [0.15, 0.2) is 34.8 Å². The van der Waals surface area contributed by atoms with Crippen LogP contribution in [0.2, 0.25) is 0 Å². The SMILES string of the molecule is CCOc1c(/C(C)=C/C(=O)Nc2ccc([N+](=O)[O-])cc2C)cc2c3c(oc2c1C)CCCC3. The van der Waals surface area contributed by atoms with E-state index in [1.54, 1.807) is 13.0 Å². The van der Waals surface area contributed by atoms with Crippen molar-refractivity contribution in [3.8, 4) is 5.75 Å². The van der Waals surface area contributed by atoms with E-state index in [1.165, 1.54) is 23.8 Å². The fourth-order valence-corrected chi connectivity index (χ4v) is 4.50. The van der Waals surface area contributed by atoms with Crippen molar-refractivity contribution < 1.29 is 18.9 Å². The number of carbonyl (C=O) groups is 1. The number of amides is 1. The van der Waals surface area contributed by atoms with Crippen LogP contribution in [0.3, 0.4) is 0 Å². The molecule has 1 aliphatic carbocycles. The number of anilines is 1. The van der Waals surface area contributed by atoms with Crippen LogP contribution in [0.5, 0.6) is 5.75 Å². The van der Waals surface area contributed by atoms with Crippen LogP contribution >= 0.6 is 0 Å². The molecule has 1 aromatic heterocycles. The van der Waals surface area contributed by atoms with E-state index in [2.05, 4.69) is 11.4 Å². The van der Waals surface area contributed by atoms with Crippen molar-refractivity contribution in [1.82, 2.24) is 0 Å². The van der Waals surface area contributed by atoms with Gasteiger partial charge in [0, 0.05) is 52.4 Å². The lowest BCUT2D eigenvalue weighted by Crippen LogP contribution is -2.10. The van der Waals surface area contributed by atoms with Gasteiger partial charge in [0.1, 0.15) is 17.1 Å². The fraction of sp³-hybridized carbons (Fsp3) is 0.346. The maximum absolute atomic E-state index is 12.8. The third kappa shape index (κ3) is 4.35. The van der Waals surface area contributed by atoms with E-state index >= 15 is 0 Å². The number of aryl methyl sites for hydroxylation is 4. The standard InChI is InChI=1S/C26H28N2O5/c1-5-32-25-17(4)26-21(19-8-6-7-9-23(19)33-26)14-20(25)15(2)13-24(29)27-22-11-10-18(28(30)31)12-16(22)3/h10-14H,5-9H2,1-4H3,(H,27,29)/b15-13+. The van der Waals surface area contributed by atoms with Crippen LogP contribution in [0.1, 0.15) is 54.7 Å². The Balaban J connectivity index is 1.70. The molecule has 1 N–H and O–H groups in total. The number of carbonyl (C=O) groups excluding carboxylic acids is 1. The summed E-state index contributed by atoms with van der Waals surface area (Å²) in [6.45, 7) is 8.05. The number of hydrogen-bond acceptors (Lipinski definition) is 5. The van der Waals surface area contributed by atoms with Gasteiger partial charge in [0.15, 0.2) is 0 Å². The highest BCUT2D eigenvalue weighted by Crippen LogP contribution is 2.41. The van der Waals surface area contributed by atoms with Crippen LogP contribution in [-0.4, -0.2) is 17.4 Å². The van der Waals surface area contributed by atoms with Crippen molar-refractivity contribution >= 4 is 33.8 Å². The molecule has 172 valence electrons. The van der Waals surface area contributed by atoms with Crippen LogP contribution in [0, 0.1) is 24.0 Å². The lowest BCUT2D eigenvalue weighted by atomic mass is 9.93. The number of furan rings is 1. The molecule has 2 aromatic carbocycles. The molecule has 0 fully saturated rings. The number of non-ortho nitro benzene ring substituents is 1. The molecule has 7 nitrogen and oxygen atoms in total. The zero-order chi connectivity index (χ0) is 23.7. The number of benzene rings is 2. The Labute approximate surface area is 192 Å². The Kier molecular flexibility index (Phi) is 6.22. The second kappa shape index (κ2) is 9.10. The molecule has 7 heteroatoms. The van der Waals surface area contributed by atoms with E-state index in [0.29, 0.717) is 17.9 Å². The molecule has 0 radical (unpaired) electrons. The van der Waals surface area contributed by atoms with E-state index in [0.717, 1.165) is 64.9 Å². The second-order valence-electron chi connectivity index (χ2n) is 8.47. The molecule has 1 amide bonds. The molecule has 0 saturated carbocycles. The van der Waals surface area contributed by atoms with Gasteiger partial charge in [-0.1, -0.05) is 0 Å². The van der Waals surface area contributed by atoms with Crippen molar-refractivity contribution in [2.45, 2.75) is 53.4 Å². The molecule has 1 aliphatic rings. The Morgan fingerprint density at radius 2 is 2.00 bits per heavy atom. The lowest BCUT2D eigenvalue weighted by molar-refractivity contribution is -0.384. The molecular formula is C26H28N2O5. The van der Waals surface area contributed by atoms with Crippen LogP contribution < -0.4 is 10.1 Å².